The molecule has 0 radical (unpaired) electrons. The van der Waals surface area contributed by atoms with Crippen LogP contribution in [0, 0.1) is 11.6 Å². The van der Waals surface area contributed by atoms with Gasteiger partial charge in [-0.25, -0.2) is 23.5 Å². The second-order valence-corrected chi connectivity index (χ2v) is 6.92. The number of amides is 1. The van der Waals surface area contributed by atoms with Crippen molar-refractivity contribution in [3.05, 3.63) is 70.5 Å². The van der Waals surface area contributed by atoms with Crippen molar-refractivity contribution in [1.82, 2.24) is 9.97 Å². The van der Waals surface area contributed by atoms with E-state index in [2.05, 4.69) is 41.3 Å². The van der Waals surface area contributed by atoms with E-state index in [1.165, 1.54) is 25.6 Å². The van der Waals surface area contributed by atoms with Crippen molar-refractivity contribution in [3.8, 4) is 11.3 Å². The highest BCUT2D eigenvalue weighted by atomic mass is 79.9. The zero-order valence-corrected chi connectivity index (χ0v) is 17.0. The van der Waals surface area contributed by atoms with Crippen LogP contribution in [0.3, 0.4) is 0 Å². The van der Waals surface area contributed by atoms with Crippen LogP contribution in [0.2, 0.25) is 0 Å². The highest BCUT2D eigenvalue weighted by Gasteiger charge is 2.10. The molecule has 9 heteroatoms. The normalized spacial score (nSPS) is 10.5. The molecule has 0 spiro atoms. The van der Waals surface area contributed by atoms with Gasteiger partial charge in [0.05, 0.1) is 12.8 Å². The van der Waals surface area contributed by atoms with Gasteiger partial charge in [-0.2, -0.15) is 0 Å². The van der Waals surface area contributed by atoms with Crippen LogP contribution < -0.4 is 10.6 Å². The maximum absolute atomic E-state index is 13.9. The summed E-state index contributed by atoms with van der Waals surface area (Å²) in [6.45, 7) is 0.300. The Kier molecular flexibility index (Phi) is 6.71. The minimum absolute atomic E-state index is 0.0173. The summed E-state index contributed by atoms with van der Waals surface area (Å²) < 4.78 is 32.7. The predicted octanol–water partition coefficient (Wildman–Crippen LogP) is 5.02. The van der Waals surface area contributed by atoms with Gasteiger partial charge in [-0.3, -0.25) is 5.32 Å². The number of methoxy groups -OCH3 is 1. The average Bonchev–Trinajstić information content (AvgIpc) is 2.70. The zero-order chi connectivity index (χ0) is 20.8. The molecule has 0 aliphatic rings. The number of nitrogens with zero attached hydrogens (tertiary/aromatic N) is 2. The first-order valence-electron chi connectivity index (χ1n) is 8.61. The highest BCUT2D eigenvalue weighted by Crippen LogP contribution is 2.22. The average molecular weight is 463 g/mol. The number of nitrogens with one attached hydrogen (secondary N) is 2. The second-order valence-electron chi connectivity index (χ2n) is 6.01. The maximum Gasteiger partial charge on any atom is 0.411 e. The molecule has 0 fully saturated rings. The molecule has 0 bridgehead atoms. The lowest BCUT2D eigenvalue weighted by Crippen LogP contribution is -2.10. The first kappa shape index (κ1) is 20.7. The quantitative estimate of drug-likeness (QED) is 0.537. The van der Waals surface area contributed by atoms with E-state index < -0.39 is 17.7 Å². The largest absolute Gasteiger partial charge is 0.453 e. The van der Waals surface area contributed by atoms with Crippen molar-refractivity contribution < 1.29 is 18.3 Å². The third-order valence-corrected chi connectivity index (χ3v) is 4.52. The van der Waals surface area contributed by atoms with Gasteiger partial charge in [0.1, 0.15) is 23.8 Å². The number of rotatable bonds is 6. The second kappa shape index (κ2) is 9.42. The molecular weight excluding hydrogens is 446 g/mol. The van der Waals surface area contributed by atoms with E-state index in [0.29, 0.717) is 28.2 Å². The Hall–Kier alpha value is -3.07. The molecule has 0 unspecified atom stereocenters. The van der Waals surface area contributed by atoms with Gasteiger partial charge in [0.15, 0.2) is 0 Å². The summed E-state index contributed by atoms with van der Waals surface area (Å²) in [5, 5.41) is 5.61. The monoisotopic (exact) mass is 462 g/mol. The number of ether oxygens (including phenoxy) is 1. The minimum Gasteiger partial charge on any atom is -0.453 e. The molecule has 1 amide bonds. The summed E-state index contributed by atoms with van der Waals surface area (Å²) in [7, 11) is 1.29. The number of aromatic nitrogens is 2. The topological polar surface area (TPSA) is 76.1 Å². The molecule has 2 N–H and O–H groups in total. The molecule has 6 nitrogen and oxygen atoms in total. The van der Waals surface area contributed by atoms with E-state index in [1.54, 1.807) is 30.3 Å². The molecule has 0 aliphatic carbocycles. The van der Waals surface area contributed by atoms with Crippen molar-refractivity contribution in [1.29, 1.82) is 0 Å². The van der Waals surface area contributed by atoms with E-state index in [0.717, 1.165) is 5.56 Å². The third kappa shape index (κ3) is 5.47. The van der Waals surface area contributed by atoms with E-state index >= 15 is 0 Å². The Morgan fingerprint density at radius 1 is 1.10 bits per heavy atom. The van der Waals surface area contributed by atoms with Crippen molar-refractivity contribution in [3.63, 3.8) is 0 Å². The summed E-state index contributed by atoms with van der Waals surface area (Å²) in [5.41, 5.74) is 2.08. The number of benzene rings is 2. The minimum atomic E-state index is -0.595. The van der Waals surface area contributed by atoms with Crippen molar-refractivity contribution >= 4 is 33.5 Å². The van der Waals surface area contributed by atoms with Gasteiger partial charge in [-0.15, -0.1) is 0 Å². The highest BCUT2D eigenvalue weighted by molar-refractivity contribution is 9.10. The molecule has 0 atom stereocenters. The van der Waals surface area contributed by atoms with Crippen molar-refractivity contribution in [2.24, 2.45) is 0 Å². The molecule has 0 saturated carbocycles. The number of hydrogen-bond donors (Lipinski definition) is 2. The summed E-state index contributed by atoms with van der Waals surface area (Å²) in [5.74, 6) is -0.657. The predicted molar refractivity (Wildman–Crippen MR) is 110 cm³/mol. The number of carbonyl (C=O) groups excluding carboxylic acids is 1. The fourth-order valence-corrected chi connectivity index (χ4v) is 3.03. The Bertz CT molecular complexity index is 993. The van der Waals surface area contributed by atoms with Gasteiger partial charge in [0, 0.05) is 33.9 Å². The van der Waals surface area contributed by atoms with Crippen molar-refractivity contribution in [2.75, 3.05) is 24.3 Å². The lowest BCUT2D eigenvalue weighted by atomic mass is 10.1. The van der Waals surface area contributed by atoms with Gasteiger partial charge in [-0.1, -0.05) is 28.1 Å². The Morgan fingerprint density at radius 3 is 2.45 bits per heavy atom. The lowest BCUT2D eigenvalue weighted by Gasteiger charge is -2.09. The van der Waals surface area contributed by atoms with E-state index in [1.807, 2.05) is 0 Å². The molecular formula is C20H17BrF2N4O2. The van der Waals surface area contributed by atoms with Crippen LogP contribution in [0.5, 0.6) is 0 Å². The molecule has 29 heavy (non-hydrogen) atoms. The fraction of sp³-hybridized carbons (Fsp3) is 0.150. The van der Waals surface area contributed by atoms with Crippen LogP contribution in [0.1, 0.15) is 5.56 Å². The Balaban J connectivity index is 1.65. The van der Waals surface area contributed by atoms with E-state index in [4.69, 9.17) is 0 Å². The van der Waals surface area contributed by atoms with Crippen LogP contribution in [0.25, 0.3) is 11.3 Å². The molecule has 1 aromatic heterocycles. The van der Waals surface area contributed by atoms with Crippen LogP contribution in [-0.2, 0) is 11.2 Å². The Morgan fingerprint density at radius 2 is 1.79 bits per heavy atom. The number of hydrogen-bond acceptors (Lipinski definition) is 5. The molecule has 3 aromatic rings. The SMILES string of the molecule is COC(=O)Nc1ccc(-c2cc(NCCc3c(F)cc(Br)cc3F)ncn2)cc1. The number of halogens is 3. The van der Waals surface area contributed by atoms with Crippen LogP contribution in [0.4, 0.5) is 25.1 Å². The van der Waals surface area contributed by atoms with Gasteiger partial charge in [-0.05, 0) is 30.7 Å². The van der Waals surface area contributed by atoms with Gasteiger partial charge in [0.2, 0.25) is 0 Å². The summed E-state index contributed by atoms with van der Waals surface area (Å²) >= 11 is 3.06. The first-order chi connectivity index (χ1) is 14.0. The number of carbonyl (C=O) groups is 1. The van der Waals surface area contributed by atoms with Crippen molar-refractivity contribution in [2.45, 2.75) is 6.42 Å². The first-order valence-corrected chi connectivity index (χ1v) is 9.40. The van der Waals surface area contributed by atoms with Crippen LogP contribution >= 0.6 is 15.9 Å². The molecule has 3 rings (SSSR count). The maximum atomic E-state index is 13.9. The van der Waals surface area contributed by atoms with E-state index in [-0.39, 0.29) is 12.0 Å². The van der Waals surface area contributed by atoms with Gasteiger partial charge >= 0.3 is 6.09 Å². The summed E-state index contributed by atoms with van der Waals surface area (Å²) in [6, 6.07) is 11.2. The number of anilines is 2. The standard InChI is InChI=1S/C20H17BrF2N4O2/c1-29-20(28)27-14-4-2-12(3-5-14)18-10-19(26-11-25-18)24-7-6-15-16(22)8-13(21)9-17(15)23/h2-5,8-11H,6-7H2,1H3,(H,27,28)(H,24,25,26). The third-order valence-electron chi connectivity index (χ3n) is 4.07. The summed E-state index contributed by atoms with van der Waals surface area (Å²) in [4.78, 5) is 19.6. The molecule has 0 aliphatic heterocycles. The lowest BCUT2D eigenvalue weighted by molar-refractivity contribution is 0.187. The Labute approximate surface area is 174 Å². The zero-order valence-electron chi connectivity index (χ0n) is 15.4. The molecule has 2 aromatic carbocycles. The van der Waals surface area contributed by atoms with Crippen LogP contribution in [0.15, 0.2) is 53.3 Å². The smallest absolute Gasteiger partial charge is 0.411 e. The van der Waals surface area contributed by atoms with E-state index in [9.17, 15) is 13.6 Å². The van der Waals surface area contributed by atoms with Crippen LogP contribution in [-0.4, -0.2) is 29.7 Å². The molecule has 150 valence electrons. The summed E-state index contributed by atoms with van der Waals surface area (Å²) in [6.07, 6.45) is 1.02. The molecule has 0 saturated heterocycles. The molecule has 1 heterocycles. The fourth-order valence-electron chi connectivity index (χ4n) is 2.63. The van der Waals surface area contributed by atoms with Gasteiger partial charge in [0.25, 0.3) is 0 Å². The van der Waals surface area contributed by atoms with Gasteiger partial charge < -0.3 is 10.1 Å².